The number of esters is 1. The van der Waals surface area contributed by atoms with Crippen LogP contribution < -0.4 is 5.32 Å². The number of hydrogen-bond donors (Lipinski definition) is 1. The predicted octanol–water partition coefficient (Wildman–Crippen LogP) is 8.06. The lowest BCUT2D eigenvalue weighted by molar-refractivity contribution is -0.151. The van der Waals surface area contributed by atoms with E-state index in [2.05, 4.69) is 46.9 Å². The van der Waals surface area contributed by atoms with Gasteiger partial charge in [-0.25, -0.2) is 0 Å². The van der Waals surface area contributed by atoms with Crippen molar-refractivity contribution in [3.05, 3.63) is 0 Å². The van der Waals surface area contributed by atoms with E-state index in [1.54, 1.807) is 6.92 Å². The summed E-state index contributed by atoms with van der Waals surface area (Å²) in [6, 6.07) is -0.634. The Labute approximate surface area is 263 Å². The van der Waals surface area contributed by atoms with Gasteiger partial charge in [0.2, 0.25) is 5.91 Å². The Bertz CT molecular complexity index is 884. The fourth-order valence-corrected chi connectivity index (χ4v) is 5.38. The van der Waals surface area contributed by atoms with Gasteiger partial charge in [0.15, 0.2) is 5.78 Å². The molecule has 0 aliphatic heterocycles. The Morgan fingerprint density at radius 1 is 0.721 bits per heavy atom. The zero-order valence-electron chi connectivity index (χ0n) is 29.7. The van der Waals surface area contributed by atoms with E-state index in [0.717, 1.165) is 19.3 Å². The van der Waals surface area contributed by atoms with Crippen molar-refractivity contribution in [1.82, 2.24) is 5.32 Å². The van der Waals surface area contributed by atoms with Crippen LogP contribution in [0.3, 0.4) is 0 Å². The summed E-state index contributed by atoms with van der Waals surface area (Å²) in [6.07, 6.45) is 6.51. The van der Waals surface area contributed by atoms with E-state index in [4.69, 9.17) is 4.74 Å². The monoisotopic (exact) mass is 607 g/mol. The van der Waals surface area contributed by atoms with Crippen LogP contribution in [-0.2, 0) is 28.7 Å². The van der Waals surface area contributed by atoms with E-state index >= 15 is 0 Å². The lowest BCUT2D eigenvalue weighted by Crippen LogP contribution is -2.48. The molecule has 0 aliphatic rings. The molecule has 0 fully saturated rings. The van der Waals surface area contributed by atoms with Gasteiger partial charge in [-0.2, -0.15) is 0 Å². The molecule has 0 aromatic heterocycles. The number of nitrogens with one attached hydrogen (secondary N) is 1. The molecule has 0 aliphatic carbocycles. The average Bonchev–Trinajstić information content (AvgIpc) is 2.82. The summed E-state index contributed by atoms with van der Waals surface area (Å²) >= 11 is 0. The number of rotatable bonds is 20. The van der Waals surface area contributed by atoms with Gasteiger partial charge >= 0.3 is 5.97 Å². The number of ketones is 3. The second kappa shape index (κ2) is 18.7. The van der Waals surface area contributed by atoms with Gasteiger partial charge in [-0.3, -0.25) is 19.2 Å². The molecular formula is C36H65NO6. The van der Waals surface area contributed by atoms with Crippen LogP contribution in [0, 0.1) is 34.0 Å². The maximum Gasteiger partial charge on any atom is 0.308 e. The second-order valence-electron chi connectivity index (χ2n) is 16.4. The zero-order chi connectivity index (χ0) is 33.6. The zero-order valence-corrected chi connectivity index (χ0v) is 29.7. The van der Waals surface area contributed by atoms with Crippen molar-refractivity contribution in [3.63, 3.8) is 0 Å². The summed E-state index contributed by atoms with van der Waals surface area (Å²) < 4.78 is 5.64. The lowest BCUT2D eigenvalue weighted by atomic mass is 9.77. The molecular weight excluding hydrogens is 542 g/mol. The van der Waals surface area contributed by atoms with Crippen molar-refractivity contribution in [2.24, 2.45) is 34.0 Å². The van der Waals surface area contributed by atoms with E-state index in [1.807, 2.05) is 34.6 Å². The van der Waals surface area contributed by atoms with Crippen LogP contribution in [0.4, 0.5) is 0 Å². The highest BCUT2D eigenvalue weighted by atomic mass is 16.5. The number of ether oxygens (including phenoxy) is 1. The van der Waals surface area contributed by atoms with Crippen LogP contribution in [0.25, 0.3) is 0 Å². The van der Waals surface area contributed by atoms with Crippen molar-refractivity contribution >= 4 is 29.2 Å². The van der Waals surface area contributed by atoms with Gasteiger partial charge in [0, 0.05) is 30.6 Å². The molecule has 7 heteroatoms. The number of carbonyl (C=O) groups is 5. The Balaban J connectivity index is 4.88. The summed E-state index contributed by atoms with van der Waals surface area (Å²) in [5.74, 6) is -0.979. The first-order valence-electron chi connectivity index (χ1n) is 16.6. The van der Waals surface area contributed by atoms with Crippen LogP contribution in [0.15, 0.2) is 0 Å². The van der Waals surface area contributed by atoms with Gasteiger partial charge < -0.3 is 14.8 Å². The fourth-order valence-electron chi connectivity index (χ4n) is 5.38. The SMILES string of the molecule is CC(=O)CCCC[C@H](NC(=O)[C@@H](CC(=O)CCCCCOC(=O)C(CC(C)(C)C)CC(C)(C)C)C(C)C)C(=O)C(C)(C)C. The van der Waals surface area contributed by atoms with Gasteiger partial charge in [0.05, 0.1) is 18.6 Å². The van der Waals surface area contributed by atoms with E-state index in [1.165, 1.54) is 0 Å². The molecule has 0 unspecified atom stereocenters. The van der Waals surface area contributed by atoms with Crippen LogP contribution in [-0.4, -0.2) is 41.9 Å². The molecule has 43 heavy (non-hydrogen) atoms. The Kier molecular flexibility index (Phi) is 17.8. The number of Topliss-reactive ketones (excluding diaryl/α,β-unsaturated/α-hetero) is 3. The molecule has 0 spiro atoms. The Hall–Kier alpha value is -2.05. The fraction of sp³-hybridized carbons (Fsp3) is 0.861. The summed E-state index contributed by atoms with van der Waals surface area (Å²) in [7, 11) is 0. The Morgan fingerprint density at radius 3 is 1.72 bits per heavy atom. The summed E-state index contributed by atoms with van der Waals surface area (Å²) in [5, 5.41) is 2.96. The quantitative estimate of drug-likeness (QED) is 0.111. The molecule has 0 heterocycles. The molecule has 0 saturated carbocycles. The highest BCUT2D eigenvalue weighted by Crippen LogP contribution is 2.33. The maximum atomic E-state index is 13.3. The molecule has 0 saturated heterocycles. The van der Waals surface area contributed by atoms with Crippen molar-refractivity contribution in [2.75, 3.05) is 6.61 Å². The molecule has 1 amide bonds. The minimum Gasteiger partial charge on any atom is -0.465 e. The number of unbranched alkanes of at least 4 members (excludes halogenated alkanes) is 3. The van der Waals surface area contributed by atoms with E-state index in [0.29, 0.717) is 51.6 Å². The molecule has 1 N–H and O–H groups in total. The number of amides is 1. The van der Waals surface area contributed by atoms with Gasteiger partial charge in [0.25, 0.3) is 0 Å². The van der Waals surface area contributed by atoms with Gasteiger partial charge in [-0.05, 0) is 68.6 Å². The van der Waals surface area contributed by atoms with Crippen LogP contribution in [0.1, 0.15) is 154 Å². The van der Waals surface area contributed by atoms with Crippen molar-refractivity contribution < 1.29 is 28.7 Å². The molecule has 2 atom stereocenters. The summed E-state index contributed by atoms with van der Waals surface area (Å²) in [6.45, 7) is 24.1. The third kappa shape index (κ3) is 19.8. The largest absolute Gasteiger partial charge is 0.465 e. The van der Waals surface area contributed by atoms with E-state index < -0.39 is 17.4 Å². The van der Waals surface area contributed by atoms with Crippen LogP contribution >= 0.6 is 0 Å². The van der Waals surface area contributed by atoms with E-state index in [-0.39, 0.29) is 58.3 Å². The summed E-state index contributed by atoms with van der Waals surface area (Å²) in [4.78, 5) is 63.3. The smallest absolute Gasteiger partial charge is 0.308 e. The third-order valence-corrected chi connectivity index (χ3v) is 7.63. The average molecular weight is 608 g/mol. The van der Waals surface area contributed by atoms with Gasteiger partial charge in [-0.1, -0.05) is 82.6 Å². The molecule has 250 valence electrons. The summed E-state index contributed by atoms with van der Waals surface area (Å²) in [5.41, 5.74) is -0.533. The van der Waals surface area contributed by atoms with Gasteiger partial charge in [0.1, 0.15) is 11.6 Å². The van der Waals surface area contributed by atoms with Crippen molar-refractivity contribution in [3.8, 4) is 0 Å². The molecule has 0 aromatic carbocycles. The maximum absolute atomic E-state index is 13.3. The first-order chi connectivity index (χ1) is 19.5. The normalized spacial score (nSPS) is 14.0. The first-order valence-corrected chi connectivity index (χ1v) is 16.6. The molecule has 0 rings (SSSR count). The first kappa shape index (κ1) is 41.0. The Morgan fingerprint density at radius 2 is 1.26 bits per heavy atom. The van der Waals surface area contributed by atoms with Gasteiger partial charge in [-0.15, -0.1) is 0 Å². The minimum absolute atomic E-state index is 0.0291. The standard InChI is InChI=1S/C36H65NO6/c1-25(2)29(32(41)37-30(31(40)36(10,11)12)20-16-15-18-26(3)38)22-28(39)19-14-13-17-21-43-33(42)27(23-34(4,5)6)24-35(7,8)9/h25,27,29-30H,13-24H2,1-12H3,(H,37,41)/t29-,30-/m0/s1. The van der Waals surface area contributed by atoms with Crippen molar-refractivity contribution in [1.29, 1.82) is 0 Å². The molecule has 0 bridgehead atoms. The van der Waals surface area contributed by atoms with Crippen molar-refractivity contribution in [2.45, 2.75) is 160 Å². The molecule has 0 aromatic rings. The molecule has 0 radical (unpaired) electrons. The van der Waals surface area contributed by atoms with E-state index in [9.17, 15) is 24.0 Å². The minimum atomic E-state index is -0.634. The topological polar surface area (TPSA) is 107 Å². The molecule has 7 nitrogen and oxygen atoms in total. The predicted molar refractivity (Wildman–Crippen MR) is 175 cm³/mol. The lowest BCUT2D eigenvalue weighted by Gasteiger charge is -2.29. The van der Waals surface area contributed by atoms with Crippen LogP contribution in [0.2, 0.25) is 0 Å². The van der Waals surface area contributed by atoms with Crippen LogP contribution in [0.5, 0.6) is 0 Å². The number of carbonyl (C=O) groups excluding carboxylic acids is 5. The highest BCUT2D eigenvalue weighted by Gasteiger charge is 2.34. The second-order valence-corrected chi connectivity index (χ2v) is 16.4. The third-order valence-electron chi connectivity index (χ3n) is 7.63. The highest BCUT2D eigenvalue weighted by molar-refractivity contribution is 5.94. The number of hydrogen-bond acceptors (Lipinski definition) is 6.